The second-order valence-electron chi connectivity index (χ2n) is 6.18. The fraction of sp³-hybridized carbons (Fsp3) is 0.368. The van der Waals surface area contributed by atoms with Crippen molar-refractivity contribution in [3.8, 4) is 0 Å². The van der Waals surface area contributed by atoms with Crippen LogP contribution in [0.5, 0.6) is 0 Å². The van der Waals surface area contributed by atoms with Crippen LogP contribution in [-0.4, -0.2) is 35.6 Å². The molecule has 0 amide bonds. The van der Waals surface area contributed by atoms with Crippen LogP contribution in [-0.2, 0) is 20.9 Å². The summed E-state index contributed by atoms with van der Waals surface area (Å²) < 4.78 is 9.96. The standard InChI is InChI=1S/C19H20ClN3O4/c1-26-19(25)16-15(20)18(23-17(22-16)13-7-8-13)21-10-9-14(24)27-11-12-5-3-2-4-6-12/h2-6,13H,7-11H2,1H3,(H,21,22,23). The van der Waals surface area contributed by atoms with E-state index in [0.717, 1.165) is 18.4 Å². The van der Waals surface area contributed by atoms with Crippen LogP contribution < -0.4 is 5.32 Å². The van der Waals surface area contributed by atoms with E-state index < -0.39 is 5.97 Å². The van der Waals surface area contributed by atoms with Crippen LogP contribution in [0, 0.1) is 0 Å². The maximum atomic E-state index is 11.9. The Morgan fingerprint density at radius 3 is 2.63 bits per heavy atom. The van der Waals surface area contributed by atoms with Gasteiger partial charge in [0, 0.05) is 12.5 Å². The Bertz CT molecular complexity index is 825. The van der Waals surface area contributed by atoms with E-state index in [9.17, 15) is 9.59 Å². The van der Waals surface area contributed by atoms with Gasteiger partial charge in [-0.05, 0) is 18.4 Å². The van der Waals surface area contributed by atoms with Crippen molar-refractivity contribution in [2.24, 2.45) is 0 Å². The van der Waals surface area contributed by atoms with Gasteiger partial charge >= 0.3 is 11.9 Å². The van der Waals surface area contributed by atoms with E-state index in [-0.39, 0.29) is 42.2 Å². The van der Waals surface area contributed by atoms with E-state index in [2.05, 4.69) is 15.3 Å². The maximum absolute atomic E-state index is 11.9. The molecule has 0 spiro atoms. The second kappa shape index (κ2) is 8.81. The summed E-state index contributed by atoms with van der Waals surface area (Å²) in [5.74, 6) is 0.169. The number of benzene rings is 1. The van der Waals surface area contributed by atoms with Crippen LogP contribution in [0.1, 0.15) is 47.1 Å². The fourth-order valence-corrected chi connectivity index (χ4v) is 2.66. The predicted molar refractivity (Wildman–Crippen MR) is 99.7 cm³/mol. The SMILES string of the molecule is COC(=O)c1nc(C2CC2)nc(NCCC(=O)OCc2ccccc2)c1Cl. The zero-order chi connectivity index (χ0) is 19.2. The number of rotatable bonds is 8. The Labute approximate surface area is 162 Å². The summed E-state index contributed by atoms with van der Waals surface area (Å²) in [4.78, 5) is 32.4. The van der Waals surface area contributed by atoms with Crippen molar-refractivity contribution in [2.75, 3.05) is 19.0 Å². The number of aromatic nitrogens is 2. The minimum atomic E-state index is -0.616. The smallest absolute Gasteiger partial charge is 0.358 e. The van der Waals surface area contributed by atoms with E-state index in [1.54, 1.807) is 0 Å². The van der Waals surface area contributed by atoms with Gasteiger partial charge in [-0.15, -0.1) is 0 Å². The third-order valence-electron chi connectivity index (χ3n) is 4.05. The zero-order valence-electron chi connectivity index (χ0n) is 14.9. The topological polar surface area (TPSA) is 90.4 Å². The lowest BCUT2D eigenvalue weighted by Gasteiger charge is -2.11. The number of esters is 2. The molecule has 0 radical (unpaired) electrons. The number of carbonyl (C=O) groups excluding carboxylic acids is 2. The molecular weight excluding hydrogens is 370 g/mol. The van der Waals surface area contributed by atoms with Crippen LogP contribution >= 0.6 is 11.6 Å². The zero-order valence-corrected chi connectivity index (χ0v) is 15.7. The molecule has 3 rings (SSSR count). The molecule has 1 heterocycles. The number of nitrogens with one attached hydrogen (secondary N) is 1. The lowest BCUT2D eigenvalue weighted by molar-refractivity contribution is -0.144. The first-order chi connectivity index (χ1) is 13.1. The highest BCUT2D eigenvalue weighted by atomic mass is 35.5. The lowest BCUT2D eigenvalue weighted by Crippen LogP contribution is -2.15. The average Bonchev–Trinajstić information content (AvgIpc) is 3.53. The molecule has 1 aliphatic rings. The van der Waals surface area contributed by atoms with Crippen LogP contribution in [0.25, 0.3) is 0 Å². The average molecular weight is 390 g/mol. The second-order valence-corrected chi connectivity index (χ2v) is 6.56. The molecule has 0 unspecified atom stereocenters. The minimum Gasteiger partial charge on any atom is -0.464 e. The molecule has 1 aliphatic carbocycles. The van der Waals surface area contributed by atoms with Gasteiger partial charge in [-0.3, -0.25) is 4.79 Å². The van der Waals surface area contributed by atoms with E-state index in [1.165, 1.54) is 7.11 Å². The normalized spacial score (nSPS) is 13.1. The summed E-state index contributed by atoms with van der Waals surface area (Å²) in [6.07, 6.45) is 2.10. The largest absolute Gasteiger partial charge is 0.464 e. The van der Waals surface area contributed by atoms with Crippen molar-refractivity contribution in [1.29, 1.82) is 0 Å². The highest BCUT2D eigenvalue weighted by Gasteiger charge is 2.30. The van der Waals surface area contributed by atoms with Crippen molar-refractivity contribution < 1.29 is 19.1 Å². The van der Waals surface area contributed by atoms with Gasteiger partial charge in [0.15, 0.2) is 5.69 Å². The third kappa shape index (κ3) is 5.17. The number of ether oxygens (including phenoxy) is 2. The van der Waals surface area contributed by atoms with Crippen LogP contribution in [0.2, 0.25) is 5.02 Å². The van der Waals surface area contributed by atoms with Crippen LogP contribution in [0.3, 0.4) is 0 Å². The van der Waals surface area contributed by atoms with Crippen molar-refractivity contribution in [3.05, 3.63) is 52.4 Å². The molecule has 1 fully saturated rings. The van der Waals surface area contributed by atoms with Crippen molar-refractivity contribution in [1.82, 2.24) is 9.97 Å². The Hall–Kier alpha value is -2.67. The number of halogens is 1. The summed E-state index contributed by atoms with van der Waals surface area (Å²) >= 11 is 6.23. The summed E-state index contributed by atoms with van der Waals surface area (Å²) in [6, 6.07) is 9.45. The van der Waals surface area contributed by atoms with E-state index in [4.69, 9.17) is 21.1 Å². The molecule has 1 aromatic heterocycles. The first-order valence-corrected chi connectivity index (χ1v) is 9.05. The summed E-state index contributed by atoms with van der Waals surface area (Å²) in [7, 11) is 1.27. The van der Waals surface area contributed by atoms with Gasteiger partial charge in [-0.2, -0.15) is 0 Å². The molecule has 2 aromatic rings. The number of anilines is 1. The van der Waals surface area contributed by atoms with Gasteiger partial charge in [0.25, 0.3) is 0 Å². The van der Waals surface area contributed by atoms with E-state index in [0.29, 0.717) is 11.6 Å². The lowest BCUT2D eigenvalue weighted by atomic mass is 10.2. The molecule has 27 heavy (non-hydrogen) atoms. The van der Waals surface area contributed by atoms with Crippen molar-refractivity contribution >= 4 is 29.4 Å². The molecule has 142 valence electrons. The van der Waals surface area contributed by atoms with Gasteiger partial charge in [0.2, 0.25) is 0 Å². The predicted octanol–water partition coefficient (Wildman–Crippen LogP) is 3.34. The molecular formula is C19H20ClN3O4. The number of hydrogen-bond donors (Lipinski definition) is 1. The van der Waals surface area contributed by atoms with E-state index >= 15 is 0 Å². The quantitative estimate of drug-likeness (QED) is 0.692. The van der Waals surface area contributed by atoms with Gasteiger partial charge in [0.1, 0.15) is 23.3 Å². The Balaban J connectivity index is 1.57. The van der Waals surface area contributed by atoms with Crippen LogP contribution in [0.4, 0.5) is 5.82 Å². The van der Waals surface area contributed by atoms with Crippen LogP contribution in [0.15, 0.2) is 30.3 Å². The molecule has 1 saturated carbocycles. The molecule has 7 nitrogen and oxygen atoms in total. The number of nitrogens with zero attached hydrogens (tertiary/aromatic N) is 2. The molecule has 0 aliphatic heterocycles. The molecule has 1 aromatic carbocycles. The first-order valence-electron chi connectivity index (χ1n) is 8.67. The molecule has 0 bridgehead atoms. The van der Waals surface area contributed by atoms with E-state index in [1.807, 2.05) is 30.3 Å². The van der Waals surface area contributed by atoms with Crippen molar-refractivity contribution in [2.45, 2.75) is 31.8 Å². The fourth-order valence-electron chi connectivity index (χ4n) is 2.43. The van der Waals surface area contributed by atoms with Gasteiger partial charge in [0.05, 0.1) is 13.5 Å². The Morgan fingerprint density at radius 1 is 1.22 bits per heavy atom. The summed E-state index contributed by atoms with van der Waals surface area (Å²) in [5, 5.41) is 3.08. The Kier molecular flexibility index (Phi) is 6.24. The number of carbonyl (C=O) groups is 2. The minimum absolute atomic E-state index is 0.0326. The Morgan fingerprint density at radius 2 is 1.96 bits per heavy atom. The molecule has 0 atom stereocenters. The molecule has 1 N–H and O–H groups in total. The van der Waals surface area contributed by atoms with Crippen molar-refractivity contribution in [3.63, 3.8) is 0 Å². The molecule has 0 saturated heterocycles. The highest BCUT2D eigenvalue weighted by Crippen LogP contribution is 2.39. The third-order valence-corrected chi connectivity index (χ3v) is 4.41. The highest BCUT2D eigenvalue weighted by molar-refractivity contribution is 6.35. The van der Waals surface area contributed by atoms with Gasteiger partial charge in [-0.25, -0.2) is 14.8 Å². The number of methoxy groups -OCH3 is 1. The first kappa shape index (κ1) is 19.1. The van der Waals surface area contributed by atoms with Gasteiger partial charge < -0.3 is 14.8 Å². The summed E-state index contributed by atoms with van der Waals surface area (Å²) in [6.45, 7) is 0.501. The summed E-state index contributed by atoms with van der Waals surface area (Å²) in [5.41, 5.74) is 0.958. The maximum Gasteiger partial charge on any atom is 0.358 e. The van der Waals surface area contributed by atoms with Gasteiger partial charge in [-0.1, -0.05) is 41.9 Å². The molecule has 8 heteroatoms. The monoisotopic (exact) mass is 389 g/mol. The number of hydrogen-bond acceptors (Lipinski definition) is 7.